The number of para-hydroxylation sites is 1. The summed E-state index contributed by atoms with van der Waals surface area (Å²) in [6.45, 7) is 3.00. The van der Waals surface area contributed by atoms with Crippen molar-refractivity contribution in [1.29, 1.82) is 0 Å². The van der Waals surface area contributed by atoms with Gasteiger partial charge in [0, 0.05) is 23.0 Å². The first-order chi connectivity index (χ1) is 9.24. The van der Waals surface area contributed by atoms with E-state index in [2.05, 4.69) is 24.4 Å². The molecule has 2 nitrogen and oxygen atoms in total. The fourth-order valence-corrected chi connectivity index (χ4v) is 3.14. The Balaban J connectivity index is 2.07. The minimum absolute atomic E-state index is 0.289. The highest BCUT2D eigenvalue weighted by Crippen LogP contribution is 2.28. The summed E-state index contributed by atoms with van der Waals surface area (Å²) in [5.74, 6) is 0.936. The molecular formula is C15H18ClNOS. The molecule has 1 heterocycles. The van der Waals surface area contributed by atoms with Crippen molar-refractivity contribution in [1.82, 2.24) is 5.32 Å². The van der Waals surface area contributed by atoms with Crippen molar-refractivity contribution in [3.05, 3.63) is 51.2 Å². The molecule has 0 amide bonds. The minimum Gasteiger partial charge on any atom is -0.496 e. The third kappa shape index (κ3) is 3.72. The van der Waals surface area contributed by atoms with Crippen LogP contribution in [-0.2, 0) is 6.54 Å². The number of rotatable bonds is 6. The monoisotopic (exact) mass is 295 g/mol. The molecule has 0 aliphatic heterocycles. The van der Waals surface area contributed by atoms with Crippen LogP contribution in [0.2, 0.25) is 4.34 Å². The first-order valence-corrected chi connectivity index (χ1v) is 7.54. The van der Waals surface area contributed by atoms with Crippen molar-refractivity contribution in [3.63, 3.8) is 0 Å². The van der Waals surface area contributed by atoms with E-state index < -0.39 is 0 Å². The van der Waals surface area contributed by atoms with Crippen LogP contribution in [0.25, 0.3) is 0 Å². The molecule has 0 saturated carbocycles. The van der Waals surface area contributed by atoms with E-state index in [4.69, 9.17) is 16.3 Å². The molecule has 2 aromatic rings. The van der Waals surface area contributed by atoms with E-state index in [0.717, 1.165) is 23.1 Å². The number of methoxy groups -OCH3 is 1. The molecule has 1 unspecified atom stereocenters. The molecule has 1 atom stereocenters. The Hall–Kier alpha value is -1.03. The van der Waals surface area contributed by atoms with E-state index in [1.54, 1.807) is 18.4 Å². The lowest BCUT2D eigenvalue weighted by atomic mass is 10.0. The maximum Gasteiger partial charge on any atom is 0.123 e. The standard InChI is InChI=1S/C15H18ClNOS/c1-3-13(12-6-4-5-7-14(12)18-2)17-10-11-8-9-15(16)19-11/h4-9,13,17H,3,10H2,1-2H3. The molecule has 0 fully saturated rings. The fourth-order valence-electron chi connectivity index (χ4n) is 2.10. The number of ether oxygens (including phenoxy) is 1. The first kappa shape index (κ1) is 14.4. The molecule has 0 aliphatic rings. The lowest BCUT2D eigenvalue weighted by Crippen LogP contribution is -2.20. The summed E-state index contributed by atoms with van der Waals surface area (Å²) >= 11 is 7.56. The predicted molar refractivity (Wildman–Crippen MR) is 82.2 cm³/mol. The summed E-state index contributed by atoms with van der Waals surface area (Å²) < 4.78 is 6.26. The van der Waals surface area contributed by atoms with Gasteiger partial charge in [0.15, 0.2) is 0 Å². The van der Waals surface area contributed by atoms with Gasteiger partial charge in [0.1, 0.15) is 5.75 Å². The van der Waals surface area contributed by atoms with E-state index in [0.29, 0.717) is 0 Å². The molecule has 0 radical (unpaired) electrons. The van der Waals surface area contributed by atoms with Crippen molar-refractivity contribution in [2.45, 2.75) is 25.9 Å². The fraction of sp³-hybridized carbons (Fsp3) is 0.333. The van der Waals surface area contributed by atoms with E-state index in [-0.39, 0.29) is 6.04 Å². The third-order valence-corrected chi connectivity index (χ3v) is 4.31. The zero-order valence-corrected chi connectivity index (χ0v) is 12.7. The number of benzene rings is 1. The van der Waals surface area contributed by atoms with Crippen LogP contribution in [0.4, 0.5) is 0 Å². The lowest BCUT2D eigenvalue weighted by Gasteiger charge is -2.19. The average Bonchev–Trinajstić information content (AvgIpc) is 2.86. The van der Waals surface area contributed by atoms with Gasteiger partial charge in [-0.3, -0.25) is 0 Å². The van der Waals surface area contributed by atoms with Gasteiger partial charge >= 0.3 is 0 Å². The second-order valence-corrected chi connectivity index (χ2v) is 6.09. The zero-order chi connectivity index (χ0) is 13.7. The molecule has 1 N–H and O–H groups in total. The van der Waals surface area contributed by atoms with E-state index in [1.807, 2.05) is 24.3 Å². The Morgan fingerprint density at radius 1 is 1.26 bits per heavy atom. The first-order valence-electron chi connectivity index (χ1n) is 6.35. The molecule has 19 heavy (non-hydrogen) atoms. The molecule has 0 spiro atoms. The van der Waals surface area contributed by atoms with Gasteiger partial charge < -0.3 is 10.1 Å². The van der Waals surface area contributed by atoms with Crippen LogP contribution in [0.15, 0.2) is 36.4 Å². The molecule has 0 bridgehead atoms. The quantitative estimate of drug-likeness (QED) is 0.837. The van der Waals surface area contributed by atoms with E-state index in [9.17, 15) is 0 Å². The summed E-state index contributed by atoms with van der Waals surface area (Å²) in [5, 5.41) is 3.56. The van der Waals surface area contributed by atoms with Crippen LogP contribution in [0.5, 0.6) is 5.75 Å². The Kier molecular flexibility index (Phi) is 5.25. The molecule has 0 saturated heterocycles. The van der Waals surface area contributed by atoms with Gasteiger partial charge in [-0.15, -0.1) is 11.3 Å². The van der Waals surface area contributed by atoms with Crippen LogP contribution >= 0.6 is 22.9 Å². The van der Waals surface area contributed by atoms with Crippen molar-refractivity contribution >= 4 is 22.9 Å². The highest BCUT2D eigenvalue weighted by Gasteiger charge is 2.13. The van der Waals surface area contributed by atoms with Crippen LogP contribution < -0.4 is 10.1 Å². The highest BCUT2D eigenvalue weighted by atomic mass is 35.5. The Labute approximate surface area is 123 Å². The van der Waals surface area contributed by atoms with Gasteiger partial charge in [-0.25, -0.2) is 0 Å². The summed E-state index contributed by atoms with van der Waals surface area (Å²) in [5.41, 5.74) is 1.20. The van der Waals surface area contributed by atoms with E-state index >= 15 is 0 Å². The Morgan fingerprint density at radius 3 is 2.68 bits per heavy atom. The summed E-state index contributed by atoms with van der Waals surface area (Å²) in [6.07, 6.45) is 1.01. The maximum absolute atomic E-state index is 5.95. The lowest BCUT2D eigenvalue weighted by molar-refractivity contribution is 0.397. The van der Waals surface area contributed by atoms with Gasteiger partial charge in [-0.1, -0.05) is 36.7 Å². The number of nitrogens with one attached hydrogen (secondary N) is 1. The topological polar surface area (TPSA) is 21.3 Å². The highest BCUT2D eigenvalue weighted by molar-refractivity contribution is 7.16. The second kappa shape index (κ2) is 6.94. The van der Waals surface area contributed by atoms with Crippen molar-refractivity contribution in [3.8, 4) is 5.75 Å². The second-order valence-electron chi connectivity index (χ2n) is 4.29. The van der Waals surface area contributed by atoms with Gasteiger partial charge in [0.2, 0.25) is 0 Å². The maximum atomic E-state index is 5.95. The molecule has 2 rings (SSSR count). The largest absolute Gasteiger partial charge is 0.496 e. The average molecular weight is 296 g/mol. The van der Waals surface area contributed by atoms with Crippen LogP contribution in [0, 0.1) is 0 Å². The minimum atomic E-state index is 0.289. The number of thiophene rings is 1. The number of halogens is 1. The normalized spacial score (nSPS) is 12.4. The molecule has 0 aliphatic carbocycles. The number of hydrogen-bond donors (Lipinski definition) is 1. The Bertz CT molecular complexity index is 526. The van der Waals surface area contributed by atoms with Gasteiger partial charge in [-0.2, -0.15) is 0 Å². The summed E-state index contributed by atoms with van der Waals surface area (Å²) in [4.78, 5) is 1.25. The van der Waals surface area contributed by atoms with E-state index in [1.165, 1.54) is 10.4 Å². The van der Waals surface area contributed by atoms with Crippen molar-refractivity contribution in [2.24, 2.45) is 0 Å². The summed E-state index contributed by atoms with van der Waals surface area (Å²) in [7, 11) is 1.71. The number of hydrogen-bond acceptors (Lipinski definition) is 3. The Morgan fingerprint density at radius 2 is 2.05 bits per heavy atom. The van der Waals surface area contributed by atoms with Gasteiger partial charge in [0.05, 0.1) is 11.4 Å². The van der Waals surface area contributed by atoms with Crippen molar-refractivity contribution in [2.75, 3.05) is 7.11 Å². The third-order valence-electron chi connectivity index (χ3n) is 3.07. The van der Waals surface area contributed by atoms with Gasteiger partial charge in [-0.05, 0) is 24.6 Å². The van der Waals surface area contributed by atoms with Crippen LogP contribution in [0.3, 0.4) is 0 Å². The molecule has 102 valence electrons. The van der Waals surface area contributed by atoms with Crippen LogP contribution in [-0.4, -0.2) is 7.11 Å². The zero-order valence-electron chi connectivity index (χ0n) is 11.2. The molecule has 4 heteroatoms. The predicted octanol–water partition coefficient (Wildman–Crippen LogP) is 4.65. The molecule has 1 aromatic carbocycles. The molecule has 1 aromatic heterocycles. The summed E-state index contributed by atoms with van der Waals surface area (Å²) in [6, 6.07) is 12.4. The SMILES string of the molecule is CCC(NCc1ccc(Cl)s1)c1ccccc1OC. The van der Waals surface area contributed by atoms with Gasteiger partial charge in [0.25, 0.3) is 0 Å². The van der Waals surface area contributed by atoms with Crippen molar-refractivity contribution < 1.29 is 4.74 Å². The van der Waals surface area contributed by atoms with Crippen LogP contribution in [0.1, 0.15) is 29.8 Å². The molecular weight excluding hydrogens is 278 g/mol. The smallest absolute Gasteiger partial charge is 0.123 e.